The number of thioether (sulfide) groups is 1. The van der Waals surface area contributed by atoms with Crippen LogP contribution >= 0.6 is 33.3 Å². The third kappa shape index (κ3) is 30.5. The van der Waals surface area contributed by atoms with E-state index in [2.05, 4.69) is 65.4 Å². The van der Waals surface area contributed by atoms with Crippen LogP contribution in [0.1, 0.15) is 125 Å². The summed E-state index contributed by atoms with van der Waals surface area (Å²) >= 11 is 1.35. The lowest BCUT2D eigenvalue weighted by atomic mass is 9.98. The minimum absolute atomic E-state index is 0.0382. The van der Waals surface area contributed by atoms with Gasteiger partial charge in [0.1, 0.15) is 60.4 Å². The molecule has 0 aromatic heterocycles. The number of hydrogen-bond acceptors (Lipinski definition) is 19. The number of likely N-dealkylation sites (tertiary alicyclic amines) is 1. The van der Waals surface area contributed by atoms with E-state index in [9.17, 15) is 72.5 Å². The lowest BCUT2D eigenvalue weighted by Crippen LogP contribution is -2.63. The van der Waals surface area contributed by atoms with Crippen molar-refractivity contribution in [3.63, 3.8) is 0 Å². The number of unbranched alkanes of at least 4 members (excludes halogenated alkanes) is 3. The van der Waals surface area contributed by atoms with Gasteiger partial charge in [0.05, 0.1) is 25.2 Å². The molecule has 1 aliphatic rings. The molecule has 93 heavy (non-hydrogen) atoms. The number of aliphatic hydroxyl groups excluding tert-OH is 2. The molecule has 1 fully saturated rings. The van der Waals surface area contributed by atoms with Gasteiger partial charge >= 0.3 is 0 Å². The van der Waals surface area contributed by atoms with E-state index in [-0.39, 0.29) is 56.9 Å². The summed E-state index contributed by atoms with van der Waals surface area (Å²) in [6, 6.07) is -5.10. The number of nitrogens with zero attached hydrogens (tertiary/aromatic N) is 1. The fourth-order valence-corrected chi connectivity index (χ4v) is 12.3. The maximum absolute atomic E-state index is 14.4. The van der Waals surface area contributed by atoms with Crippen LogP contribution in [0.15, 0.2) is 30.3 Å². The average Bonchev–Trinajstić information content (AvgIpc) is 1.84. The molecular formula is C59H98N16O15S3. The normalized spacial score (nSPS) is 16.6. The monoisotopic (exact) mass is 1370 g/mol. The summed E-state index contributed by atoms with van der Waals surface area (Å²) in [7, 11) is 2.65. The Kier molecular flexibility index (Phi) is 38.2. The Balaban J connectivity index is 2.40. The highest BCUT2D eigenvalue weighted by atomic mass is 33.1. The Hall–Kier alpha value is -7.43. The molecule has 1 saturated heterocycles. The number of carbonyl (C=O) groups is 13. The Bertz CT molecular complexity index is 2680. The molecule has 13 unspecified atom stereocenters. The first-order valence-electron chi connectivity index (χ1n) is 31.0. The maximum Gasteiger partial charge on any atom is 0.245 e. The minimum Gasteiger partial charge on any atom is -0.391 e. The number of amides is 13. The van der Waals surface area contributed by atoms with Gasteiger partial charge < -0.3 is 90.8 Å². The zero-order chi connectivity index (χ0) is 69.9. The smallest absolute Gasteiger partial charge is 0.245 e. The Morgan fingerprint density at radius 1 is 0.624 bits per heavy atom. The largest absolute Gasteiger partial charge is 0.391 e. The van der Waals surface area contributed by atoms with Crippen LogP contribution in [0.4, 0.5) is 0 Å². The van der Waals surface area contributed by atoms with E-state index in [1.165, 1.54) is 52.1 Å². The van der Waals surface area contributed by atoms with Crippen molar-refractivity contribution in [2.45, 2.75) is 198 Å². The Morgan fingerprint density at radius 2 is 1.19 bits per heavy atom. The number of primary amides is 2. The Morgan fingerprint density at radius 3 is 1.76 bits per heavy atom. The van der Waals surface area contributed by atoms with Gasteiger partial charge in [0.25, 0.3) is 0 Å². The van der Waals surface area contributed by atoms with Gasteiger partial charge in [-0.15, -0.1) is 0 Å². The van der Waals surface area contributed by atoms with Gasteiger partial charge in [0.15, 0.2) is 5.96 Å². The van der Waals surface area contributed by atoms with E-state index in [0.29, 0.717) is 29.9 Å². The molecule has 20 N–H and O–H groups in total. The summed E-state index contributed by atoms with van der Waals surface area (Å²) in [5.74, 6) is -11.1. The highest BCUT2D eigenvalue weighted by Crippen LogP contribution is 2.25. The summed E-state index contributed by atoms with van der Waals surface area (Å²) in [5, 5.41) is 56.8. The number of rotatable bonds is 44. The zero-order valence-electron chi connectivity index (χ0n) is 54.2. The van der Waals surface area contributed by atoms with E-state index in [4.69, 9.17) is 22.6 Å². The number of nitrogens with two attached hydrogens (primary N) is 3. The maximum atomic E-state index is 14.4. The van der Waals surface area contributed by atoms with Gasteiger partial charge in [0.2, 0.25) is 76.8 Å². The molecule has 13 amide bonds. The molecule has 1 aliphatic heterocycles. The van der Waals surface area contributed by atoms with Gasteiger partial charge in [-0.3, -0.25) is 67.7 Å². The highest BCUT2D eigenvalue weighted by molar-refractivity contribution is 8.76. The van der Waals surface area contributed by atoms with Crippen LogP contribution in [0.5, 0.6) is 0 Å². The third-order valence-corrected chi connectivity index (χ3v) is 18.0. The standard InChI is InChI=1S/C59H98N16O15S3/c1-9-11-12-16-26-92-93-31-42(53(85)73-48(35(6)77)57(89)74-47(34(5)76)56(88)69-40(49(61)81)29-44(60)79)71-55(87)46(32(3)10-2)72-45(80)30-65-50(82)39(23-27-91-8)68-51(83)38(21-17-24-64-59(62)63)67-52(84)41(28-37-19-14-13-15-20-37)70-54(86)43-22-18-25-75(43)58(90)33(4)66-36(7)78/h13-15,19-20,32-35,38-43,46-48,76-77H,9-12,16-18,21-31H2,1-8H3,(H2,60,79)(H2,61,81)(H,65,82)(H,66,78)(H,67,84)(H,68,83)(H,69,88)(H,70,86)(H,71,87)(H,72,80)(H,73,85)(H,74,89)(H4,62,63,64). The molecule has 2 rings (SSSR count). The molecule has 31 nitrogen and oxygen atoms in total. The van der Waals surface area contributed by atoms with Gasteiger partial charge in [0, 0.05) is 37.9 Å². The lowest BCUT2D eigenvalue weighted by molar-refractivity contribution is -0.141. The molecule has 522 valence electrons. The predicted molar refractivity (Wildman–Crippen MR) is 354 cm³/mol. The number of guanidine groups is 1. The highest BCUT2D eigenvalue weighted by Gasteiger charge is 2.40. The number of benzene rings is 1. The van der Waals surface area contributed by atoms with Crippen LogP contribution in [-0.2, 0) is 68.7 Å². The van der Waals surface area contributed by atoms with E-state index >= 15 is 0 Å². The summed E-state index contributed by atoms with van der Waals surface area (Å²) in [6.07, 6.45) is 2.79. The molecule has 0 spiro atoms. The van der Waals surface area contributed by atoms with Crippen LogP contribution in [0.3, 0.4) is 0 Å². The van der Waals surface area contributed by atoms with Crippen molar-refractivity contribution < 1.29 is 72.5 Å². The zero-order valence-corrected chi connectivity index (χ0v) is 56.7. The third-order valence-electron chi connectivity index (χ3n) is 14.9. The average molecular weight is 1370 g/mol. The molecule has 0 saturated carbocycles. The molecular weight excluding hydrogens is 1270 g/mol. The van der Waals surface area contributed by atoms with Crippen molar-refractivity contribution >= 4 is 116 Å². The molecule has 0 radical (unpaired) electrons. The summed E-state index contributed by atoms with van der Waals surface area (Å²) in [5.41, 5.74) is 16.6. The number of aliphatic hydroxyl groups is 2. The topological polar surface area (TPSA) is 500 Å². The van der Waals surface area contributed by atoms with Gasteiger partial charge in [-0.25, -0.2) is 0 Å². The molecule has 0 aliphatic carbocycles. The first-order valence-corrected chi connectivity index (χ1v) is 34.9. The van der Waals surface area contributed by atoms with Crippen molar-refractivity contribution in [3.05, 3.63) is 35.9 Å². The SMILES string of the molecule is CCCCCCSSCC(NC(=O)C(NC(=O)CNC(=O)C(CCSC)NC(=O)C(CCCNC(=N)N)NC(=O)C(Cc1ccccc1)NC(=O)C1CCCN1C(=O)C(C)NC(C)=O)C(C)CC)C(=O)NC(C(=O)NC(C(=O)NC(CC(N)=O)C(N)=O)C(C)O)C(C)O. The molecule has 1 heterocycles. The van der Waals surface area contributed by atoms with Crippen LogP contribution in [-0.4, -0.2) is 214 Å². The second-order valence-corrected chi connectivity index (χ2v) is 26.3. The van der Waals surface area contributed by atoms with Crippen molar-refractivity contribution in [1.82, 2.24) is 63.4 Å². The van der Waals surface area contributed by atoms with E-state index in [0.717, 1.165) is 39.5 Å². The van der Waals surface area contributed by atoms with Gasteiger partial charge in [-0.2, -0.15) is 11.8 Å². The second kappa shape index (κ2) is 43.5. The quantitative estimate of drug-likeness (QED) is 0.0133. The van der Waals surface area contributed by atoms with Gasteiger partial charge in [-0.1, -0.05) is 98.4 Å². The molecule has 1 aromatic rings. The summed E-state index contributed by atoms with van der Waals surface area (Å²) in [4.78, 5) is 176. The van der Waals surface area contributed by atoms with Crippen molar-refractivity contribution in [2.24, 2.45) is 23.1 Å². The number of nitrogens with one attached hydrogen (secondary N) is 12. The van der Waals surface area contributed by atoms with Crippen molar-refractivity contribution in [3.8, 4) is 0 Å². The number of carbonyl (C=O) groups excluding carboxylic acids is 13. The minimum atomic E-state index is -1.81. The van der Waals surface area contributed by atoms with E-state index in [1.807, 2.05) is 0 Å². The summed E-state index contributed by atoms with van der Waals surface area (Å²) in [6.45, 7) is 10.1. The first-order chi connectivity index (χ1) is 43.9. The predicted octanol–water partition coefficient (Wildman–Crippen LogP) is -3.11. The number of hydrogen-bond donors (Lipinski definition) is 17. The fourth-order valence-electron chi connectivity index (χ4n) is 9.51. The molecule has 34 heteroatoms. The van der Waals surface area contributed by atoms with Crippen LogP contribution in [0, 0.1) is 11.3 Å². The van der Waals surface area contributed by atoms with E-state index < -0.39 is 168 Å². The first kappa shape index (κ1) is 81.7. The van der Waals surface area contributed by atoms with Crippen molar-refractivity contribution in [2.75, 3.05) is 43.1 Å². The van der Waals surface area contributed by atoms with E-state index in [1.54, 1.807) is 50.4 Å². The molecule has 13 atom stereocenters. The fraction of sp³-hybridized carbons (Fsp3) is 0.661. The van der Waals surface area contributed by atoms with Crippen LogP contribution < -0.4 is 75.7 Å². The Labute approximate surface area is 555 Å². The molecule has 1 aromatic carbocycles. The van der Waals surface area contributed by atoms with Crippen LogP contribution in [0.2, 0.25) is 0 Å². The van der Waals surface area contributed by atoms with Gasteiger partial charge in [-0.05, 0) is 82.8 Å². The lowest BCUT2D eigenvalue weighted by Gasteiger charge is -2.29. The van der Waals surface area contributed by atoms with Crippen molar-refractivity contribution in [1.29, 1.82) is 5.41 Å². The second-order valence-electron chi connectivity index (χ2n) is 22.7. The molecule has 0 bridgehead atoms. The summed E-state index contributed by atoms with van der Waals surface area (Å²) < 4.78 is 0. The van der Waals surface area contributed by atoms with Crippen LogP contribution in [0.25, 0.3) is 0 Å².